The fraction of sp³-hybridized carbons (Fsp3) is 0.250. The van der Waals surface area contributed by atoms with Gasteiger partial charge in [0.05, 0.1) is 0 Å². The van der Waals surface area contributed by atoms with E-state index in [9.17, 15) is 9.18 Å². The van der Waals surface area contributed by atoms with Crippen LogP contribution in [-0.4, -0.2) is 5.78 Å². The normalized spacial score (nSPS) is 10.1. The second kappa shape index (κ2) is 5.08. The summed E-state index contributed by atoms with van der Waals surface area (Å²) >= 11 is 5.80. The van der Waals surface area contributed by atoms with Crippen molar-refractivity contribution in [3.05, 3.63) is 46.8 Å². The van der Waals surface area contributed by atoms with Gasteiger partial charge in [-0.05, 0) is 19.1 Å². The Morgan fingerprint density at radius 1 is 1.53 bits per heavy atom. The van der Waals surface area contributed by atoms with E-state index in [0.717, 1.165) is 5.57 Å². The van der Waals surface area contributed by atoms with Crippen LogP contribution in [0.4, 0.5) is 4.39 Å². The molecule has 15 heavy (non-hydrogen) atoms. The van der Waals surface area contributed by atoms with E-state index in [2.05, 4.69) is 6.58 Å². The van der Waals surface area contributed by atoms with Gasteiger partial charge in [-0.2, -0.15) is 0 Å². The number of carbonyl (C=O) groups is 1. The second-order valence-electron chi connectivity index (χ2n) is 3.55. The number of halogens is 2. The Bertz CT molecular complexity index is 378. The van der Waals surface area contributed by atoms with E-state index in [4.69, 9.17) is 11.6 Å². The summed E-state index contributed by atoms with van der Waals surface area (Å²) in [5, 5.41) is 0.296. The number of ketones is 1. The van der Waals surface area contributed by atoms with Crippen molar-refractivity contribution >= 4 is 17.4 Å². The van der Waals surface area contributed by atoms with Crippen molar-refractivity contribution in [2.24, 2.45) is 0 Å². The van der Waals surface area contributed by atoms with E-state index in [1.165, 1.54) is 12.1 Å². The standard InChI is InChI=1S/C12H12ClFO/c1-8(2)6-9(15)7-10-11(13)4-3-5-12(10)14/h3-5H,1,6-7H2,2H3. The quantitative estimate of drug-likeness (QED) is 0.718. The Morgan fingerprint density at radius 3 is 2.73 bits per heavy atom. The summed E-state index contributed by atoms with van der Waals surface area (Å²) in [6.07, 6.45) is 0.295. The first kappa shape index (κ1) is 11.9. The van der Waals surface area contributed by atoms with Crippen molar-refractivity contribution in [3.8, 4) is 0 Å². The average molecular weight is 227 g/mol. The van der Waals surface area contributed by atoms with Crippen LogP contribution in [0.5, 0.6) is 0 Å². The minimum Gasteiger partial charge on any atom is -0.299 e. The molecule has 0 saturated carbocycles. The molecule has 1 rings (SSSR count). The predicted octanol–water partition coefficient (Wildman–Crippen LogP) is 3.56. The summed E-state index contributed by atoms with van der Waals surface area (Å²) in [5.41, 5.74) is 1.04. The second-order valence-corrected chi connectivity index (χ2v) is 3.96. The molecule has 3 heteroatoms. The van der Waals surface area contributed by atoms with Crippen LogP contribution in [0.2, 0.25) is 5.02 Å². The first-order valence-electron chi connectivity index (χ1n) is 4.59. The van der Waals surface area contributed by atoms with Gasteiger partial charge in [0.1, 0.15) is 11.6 Å². The van der Waals surface area contributed by atoms with Gasteiger partial charge in [0.2, 0.25) is 0 Å². The summed E-state index contributed by atoms with van der Waals surface area (Å²) < 4.78 is 13.3. The first-order valence-corrected chi connectivity index (χ1v) is 4.97. The molecule has 1 aromatic rings. The highest BCUT2D eigenvalue weighted by molar-refractivity contribution is 6.31. The van der Waals surface area contributed by atoms with E-state index in [1.807, 2.05) is 0 Å². The molecule has 0 heterocycles. The van der Waals surface area contributed by atoms with Crippen LogP contribution in [-0.2, 0) is 11.2 Å². The molecule has 0 aliphatic carbocycles. The maximum absolute atomic E-state index is 13.3. The zero-order chi connectivity index (χ0) is 11.4. The first-order chi connectivity index (χ1) is 7.00. The van der Waals surface area contributed by atoms with Crippen molar-refractivity contribution in [1.29, 1.82) is 0 Å². The van der Waals surface area contributed by atoms with E-state index in [1.54, 1.807) is 13.0 Å². The predicted molar refractivity (Wildman–Crippen MR) is 59.6 cm³/mol. The molecule has 0 spiro atoms. The van der Waals surface area contributed by atoms with Crippen LogP contribution in [0.1, 0.15) is 18.9 Å². The molecule has 0 aliphatic rings. The van der Waals surface area contributed by atoms with Crippen LogP contribution >= 0.6 is 11.6 Å². The lowest BCUT2D eigenvalue weighted by molar-refractivity contribution is -0.117. The zero-order valence-corrected chi connectivity index (χ0v) is 9.27. The molecular weight excluding hydrogens is 215 g/mol. The topological polar surface area (TPSA) is 17.1 Å². The van der Waals surface area contributed by atoms with Crippen molar-refractivity contribution < 1.29 is 9.18 Å². The van der Waals surface area contributed by atoms with E-state index in [0.29, 0.717) is 5.02 Å². The highest BCUT2D eigenvalue weighted by Gasteiger charge is 2.11. The van der Waals surface area contributed by atoms with E-state index in [-0.39, 0.29) is 24.2 Å². The smallest absolute Gasteiger partial charge is 0.141 e. The molecule has 0 aromatic heterocycles. The van der Waals surface area contributed by atoms with Gasteiger partial charge in [0.15, 0.2) is 0 Å². The lowest BCUT2D eigenvalue weighted by Crippen LogP contribution is -2.05. The van der Waals surface area contributed by atoms with Crippen LogP contribution in [0.3, 0.4) is 0 Å². The number of rotatable bonds is 4. The Morgan fingerprint density at radius 2 is 2.20 bits per heavy atom. The molecule has 1 aromatic carbocycles. The number of allylic oxidation sites excluding steroid dienone is 1. The molecule has 0 unspecified atom stereocenters. The maximum Gasteiger partial charge on any atom is 0.141 e. The molecular formula is C12H12ClFO. The van der Waals surface area contributed by atoms with Gasteiger partial charge >= 0.3 is 0 Å². The molecule has 0 radical (unpaired) electrons. The van der Waals surface area contributed by atoms with Gasteiger partial charge in [0.25, 0.3) is 0 Å². The van der Waals surface area contributed by atoms with Crippen LogP contribution in [0.15, 0.2) is 30.4 Å². The van der Waals surface area contributed by atoms with Gasteiger partial charge in [0, 0.05) is 23.4 Å². The zero-order valence-electron chi connectivity index (χ0n) is 8.52. The van der Waals surface area contributed by atoms with E-state index < -0.39 is 5.82 Å². The number of hydrogen-bond acceptors (Lipinski definition) is 1. The maximum atomic E-state index is 13.3. The van der Waals surface area contributed by atoms with Crippen LogP contribution in [0, 0.1) is 5.82 Å². The molecule has 0 fully saturated rings. The third kappa shape index (κ3) is 3.48. The number of hydrogen-bond donors (Lipinski definition) is 0. The minimum atomic E-state index is -0.433. The van der Waals surface area contributed by atoms with Gasteiger partial charge < -0.3 is 0 Å². The fourth-order valence-corrected chi connectivity index (χ4v) is 1.53. The largest absolute Gasteiger partial charge is 0.299 e. The summed E-state index contributed by atoms with van der Waals surface area (Å²) in [7, 11) is 0. The highest BCUT2D eigenvalue weighted by atomic mass is 35.5. The third-order valence-corrected chi connectivity index (χ3v) is 2.29. The van der Waals surface area contributed by atoms with Gasteiger partial charge in [-0.3, -0.25) is 4.79 Å². The SMILES string of the molecule is C=C(C)CC(=O)Cc1c(F)cccc1Cl. The Labute approximate surface area is 93.6 Å². The molecule has 0 saturated heterocycles. The summed E-state index contributed by atoms with van der Waals surface area (Å²) in [5.74, 6) is -0.507. The molecule has 0 aliphatic heterocycles. The average Bonchev–Trinajstić information content (AvgIpc) is 2.10. The van der Waals surface area contributed by atoms with Gasteiger partial charge in [-0.1, -0.05) is 29.8 Å². The lowest BCUT2D eigenvalue weighted by Gasteiger charge is -2.04. The number of Topliss-reactive ketones (excluding diaryl/α,β-unsaturated/α-hetero) is 1. The van der Waals surface area contributed by atoms with E-state index >= 15 is 0 Å². The summed E-state index contributed by atoms with van der Waals surface area (Å²) in [6.45, 7) is 5.40. The Kier molecular flexibility index (Phi) is 4.04. The van der Waals surface area contributed by atoms with Gasteiger partial charge in [-0.25, -0.2) is 4.39 Å². The minimum absolute atomic E-state index is 0.0262. The van der Waals surface area contributed by atoms with Crippen LogP contribution < -0.4 is 0 Å². The van der Waals surface area contributed by atoms with Crippen molar-refractivity contribution in [2.75, 3.05) is 0 Å². The lowest BCUT2D eigenvalue weighted by atomic mass is 10.0. The highest BCUT2D eigenvalue weighted by Crippen LogP contribution is 2.20. The molecule has 0 atom stereocenters. The molecule has 0 N–H and O–H groups in total. The third-order valence-electron chi connectivity index (χ3n) is 1.93. The van der Waals surface area contributed by atoms with Crippen molar-refractivity contribution in [2.45, 2.75) is 19.8 Å². The molecule has 0 bridgehead atoms. The fourth-order valence-electron chi connectivity index (χ4n) is 1.30. The van der Waals surface area contributed by atoms with Crippen molar-refractivity contribution in [1.82, 2.24) is 0 Å². The number of benzene rings is 1. The summed E-state index contributed by atoms with van der Waals surface area (Å²) in [6, 6.07) is 4.40. The molecule has 80 valence electrons. The Hall–Kier alpha value is -1.15. The monoisotopic (exact) mass is 226 g/mol. The Balaban J connectivity index is 2.80. The molecule has 1 nitrogen and oxygen atoms in total. The number of carbonyl (C=O) groups excluding carboxylic acids is 1. The van der Waals surface area contributed by atoms with Crippen LogP contribution in [0.25, 0.3) is 0 Å². The molecule has 0 amide bonds. The van der Waals surface area contributed by atoms with Crippen molar-refractivity contribution in [3.63, 3.8) is 0 Å². The summed E-state index contributed by atoms with van der Waals surface area (Å²) in [4.78, 5) is 11.4. The van der Waals surface area contributed by atoms with Gasteiger partial charge in [-0.15, -0.1) is 0 Å².